The summed E-state index contributed by atoms with van der Waals surface area (Å²) in [6.07, 6.45) is 2.87. The van der Waals surface area contributed by atoms with Crippen molar-refractivity contribution in [3.8, 4) is 0 Å². The monoisotopic (exact) mass is 308 g/mol. The lowest BCUT2D eigenvalue weighted by molar-refractivity contribution is 0.466. The van der Waals surface area contributed by atoms with Crippen LogP contribution < -0.4 is 5.73 Å². The van der Waals surface area contributed by atoms with Crippen LogP contribution in [0.15, 0.2) is 41.6 Å². The highest BCUT2D eigenvalue weighted by Gasteiger charge is 2.23. The fraction of sp³-hybridized carbons (Fsp3) is 0.357. The molecule has 1 aromatic carbocycles. The van der Waals surface area contributed by atoms with Gasteiger partial charge >= 0.3 is 0 Å². The molecule has 2 aromatic rings. The lowest BCUT2D eigenvalue weighted by Crippen LogP contribution is -2.26. The molecular weight excluding hydrogens is 288 g/mol. The van der Waals surface area contributed by atoms with Crippen molar-refractivity contribution >= 4 is 10.0 Å². The minimum atomic E-state index is -3.54. The lowest BCUT2D eigenvalue weighted by atomic mass is 10.1. The third-order valence-electron chi connectivity index (χ3n) is 3.33. The Balaban J connectivity index is 2.20. The van der Waals surface area contributed by atoms with E-state index in [2.05, 4.69) is 5.10 Å². The molecule has 0 aliphatic rings. The van der Waals surface area contributed by atoms with Crippen molar-refractivity contribution in [3.63, 3.8) is 0 Å². The smallest absolute Gasteiger partial charge is 0.246 e. The Morgan fingerprint density at radius 2 is 2.05 bits per heavy atom. The predicted molar refractivity (Wildman–Crippen MR) is 81.1 cm³/mol. The molecule has 0 amide bonds. The molecule has 114 valence electrons. The van der Waals surface area contributed by atoms with Gasteiger partial charge < -0.3 is 5.73 Å². The highest BCUT2D eigenvalue weighted by atomic mass is 32.2. The van der Waals surface area contributed by atoms with Crippen molar-refractivity contribution in [2.24, 2.45) is 5.73 Å². The minimum Gasteiger partial charge on any atom is -0.329 e. The fourth-order valence-electron chi connectivity index (χ4n) is 2.02. The summed E-state index contributed by atoms with van der Waals surface area (Å²) >= 11 is 0. The first kappa shape index (κ1) is 15.7. The number of rotatable bonds is 6. The number of benzene rings is 1. The molecule has 0 saturated heterocycles. The third kappa shape index (κ3) is 3.49. The van der Waals surface area contributed by atoms with Crippen LogP contribution in [0.2, 0.25) is 0 Å². The van der Waals surface area contributed by atoms with Crippen molar-refractivity contribution in [3.05, 3.63) is 47.8 Å². The Kier molecular flexibility index (Phi) is 4.76. The molecule has 0 atom stereocenters. The van der Waals surface area contributed by atoms with Crippen molar-refractivity contribution in [1.82, 2.24) is 14.1 Å². The van der Waals surface area contributed by atoms with Crippen molar-refractivity contribution in [2.75, 3.05) is 13.6 Å². The third-order valence-corrected chi connectivity index (χ3v) is 5.09. The molecular formula is C14H20N4O2S. The van der Waals surface area contributed by atoms with Crippen molar-refractivity contribution in [1.29, 1.82) is 0 Å². The molecule has 1 heterocycles. The Hall–Kier alpha value is -1.70. The predicted octanol–water partition coefficient (Wildman–Crippen LogP) is 0.971. The molecule has 0 aliphatic carbocycles. The van der Waals surface area contributed by atoms with Crippen molar-refractivity contribution < 1.29 is 8.42 Å². The molecule has 2 N–H and O–H groups in total. The van der Waals surface area contributed by atoms with Gasteiger partial charge in [0.2, 0.25) is 10.0 Å². The second-order valence-corrected chi connectivity index (χ2v) is 6.96. The van der Waals surface area contributed by atoms with E-state index in [1.54, 1.807) is 7.05 Å². The standard InChI is InChI=1S/C14H20N4O2S/c1-12-5-3-4-6-13(12)10-17(2)21(19,20)14-9-16-18(11-14)8-7-15/h3-6,9,11H,7-8,10,15H2,1-2H3. The molecule has 2 rings (SSSR count). The second kappa shape index (κ2) is 6.38. The molecule has 6 nitrogen and oxygen atoms in total. The first-order chi connectivity index (χ1) is 9.95. The minimum absolute atomic E-state index is 0.187. The van der Waals surface area contributed by atoms with Crippen LogP contribution in [-0.2, 0) is 23.1 Å². The summed E-state index contributed by atoms with van der Waals surface area (Å²) in [5.74, 6) is 0. The van der Waals surface area contributed by atoms with E-state index in [0.29, 0.717) is 19.6 Å². The molecule has 21 heavy (non-hydrogen) atoms. The van der Waals surface area contributed by atoms with Gasteiger partial charge in [-0.25, -0.2) is 8.42 Å². The second-order valence-electron chi connectivity index (χ2n) is 4.92. The van der Waals surface area contributed by atoms with E-state index in [9.17, 15) is 8.42 Å². The van der Waals surface area contributed by atoms with E-state index in [1.165, 1.54) is 21.4 Å². The van der Waals surface area contributed by atoms with Crippen LogP contribution >= 0.6 is 0 Å². The zero-order chi connectivity index (χ0) is 15.5. The maximum atomic E-state index is 12.5. The number of hydrogen-bond acceptors (Lipinski definition) is 4. The summed E-state index contributed by atoms with van der Waals surface area (Å²) < 4.78 is 27.9. The molecule has 0 radical (unpaired) electrons. The molecule has 0 fully saturated rings. The first-order valence-electron chi connectivity index (χ1n) is 6.68. The van der Waals surface area contributed by atoms with Crippen LogP contribution in [0.1, 0.15) is 11.1 Å². The van der Waals surface area contributed by atoms with Gasteiger partial charge in [0.15, 0.2) is 0 Å². The van der Waals surface area contributed by atoms with Gasteiger partial charge in [0.05, 0.1) is 12.7 Å². The average Bonchev–Trinajstić information content (AvgIpc) is 2.91. The van der Waals surface area contributed by atoms with E-state index < -0.39 is 10.0 Å². The Morgan fingerprint density at radius 1 is 1.33 bits per heavy atom. The fourth-order valence-corrected chi connectivity index (χ4v) is 3.13. The summed E-state index contributed by atoms with van der Waals surface area (Å²) in [5, 5.41) is 4.01. The summed E-state index contributed by atoms with van der Waals surface area (Å²) in [7, 11) is -1.97. The Bertz CT molecular complexity index is 709. The maximum absolute atomic E-state index is 12.5. The van der Waals surface area contributed by atoms with Crippen LogP contribution in [0, 0.1) is 6.92 Å². The normalized spacial score (nSPS) is 12.0. The molecule has 0 unspecified atom stereocenters. The van der Waals surface area contributed by atoms with Gasteiger partial charge in [-0.1, -0.05) is 24.3 Å². The SMILES string of the molecule is Cc1ccccc1CN(C)S(=O)(=O)c1cnn(CCN)c1. The number of nitrogens with zero attached hydrogens (tertiary/aromatic N) is 3. The number of nitrogens with two attached hydrogens (primary N) is 1. The van der Waals surface area contributed by atoms with Crippen LogP contribution in [-0.4, -0.2) is 36.1 Å². The lowest BCUT2D eigenvalue weighted by Gasteiger charge is -2.17. The largest absolute Gasteiger partial charge is 0.329 e. The average molecular weight is 308 g/mol. The Morgan fingerprint density at radius 3 is 2.71 bits per heavy atom. The topological polar surface area (TPSA) is 81.2 Å². The van der Waals surface area contributed by atoms with Crippen molar-refractivity contribution in [2.45, 2.75) is 24.9 Å². The highest BCUT2D eigenvalue weighted by molar-refractivity contribution is 7.89. The number of aryl methyl sites for hydroxylation is 1. The quantitative estimate of drug-likeness (QED) is 0.862. The van der Waals surface area contributed by atoms with Gasteiger partial charge in [-0.3, -0.25) is 4.68 Å². The summed E-state index contributed by atoms with van der Waals surface area (Å²) in [4.78, 5) is 0.187. The molecule has 1 aromatic heterocycles. The zero-order valence-corrected chi connectivity index (χ0v) is 13.0. The summed E-state index contributed by atoms with van der Waals surface area (Å²) in [5.41, 5.74) is 7.49. The van der Waals surface area contributed by atoms with Crippen LogP contribution in [0.25, 0.3) is 0 Å². The van der Waals surface area contributed by atoms with E-state index in [-0.39, 0.29) is 4.90 Å². The zero-order valence-electron chi connectivity index (χ0n) is 12.2. The molecule has 0 spiro atoms. The summed E-state index contributed by atoms with van der Waals surface area (Å²) in [6.45, 7) is 3.21. The molecule has 0 saturated carbocycles. The first-order valence-corrected chi connectivity index (χ1v) is 8.12. The van der Waals surface area contributed by atoms with Gasteiger partial charge in [-0.05, 0) is 18.1 Å². The van der Waals surface area contributed by atoms with E-state index >= 15 is 0 Å². The summed E-state index contributed by atoms with van der Waals surface area (Å²) in [6, 6.07) is 7.74. The van der Waals surface area contributed by atoms with Gasteiger partial charge in [-0.15, -0.1) is 0 Å². The van der Waals surface area contributed by atoms with E-state index in [4.69, 9.17) is 5.73 Å². The molecule has 0 bridgehead atoms. The maximum Gasteiger partial charge on any atom is 0.246 e. The molecule has 7 heteroatoms. The molecule has 0 aliphatic heterocycles. The van der Waals surface area contributed by atoms with Crippen LogP contribution in [0.5, 0.6) is 0 Å². The number of sulfonamides is 1. The van der Waals surface area contributed by atoms with Gasteiger partial charge in [0.1, 0.15) is 4.90 Å². The number of aromatic nitrogens is 2. The number of hydrogen-bond donors (Lipinski definition) is 1. The van der Waals surface area contributed by atoms with E-state index in [0.717, 1.165) is 11.1 Å². The van der Waals surface area contributed by atoms with Gasteiger partial charge in [0, 0.05) is 26.3 Å². The van der Waals surface area contributed by atoms with Crippen LogP contribution in [0.4, 0.5) is 0 Å². The Labute approximate surface area is 125 Å². The van der Waals surface area contributed by atoms with Gasteiger partial charge in [-0.2, -0.15) is 9.40 Å². The van der Waals surface area contributed by atoms with Crippen LogP contribution in [0.3, 0.4) is 0 Å². The van der Waals surface area contributed by atoms with E-state index in [1.807, 2.05) is 31.2 Å². The highest BCUT2D eigenvalue weighted by Crippen LogP contribution is 2.17. The van der Waals surface area contributed by atoms with Gasteiger partial charge in [0.25, 0.3) is 0 Å².